The molecule has 0 fully saturated rings. The fourth-order valence-electron chi connectivity index (χ4n) is 1.83. The second-order valence-electron chi connectivity index (χ2n) is 4.77. The van der Waals surface area contributed by atoms with Crippen molar-refractivity contribution in [3.05, 3.63) is 61.4 Å². The number of halogens is 2. The van der Waals surface area contributed by atoms with Crippen molar-refractivity contribution in [1.82, 2.24) is 0 Å². The second-order valence-corrected chi connectivity index (χ2v) is 8.40. The van der Waals surface area contributed by atoms with E-state index in [-0.39, 0.29) is 15.6 Å². The molecule has 0 unspecified atom stereocenters. The van der Waals surface area contributed by atoms with Crippen LogP contribution >= 0.6 is 31.9 Å². The number of hydrogen-bond donors (Lipinski definition) is 1. The predicted molar refractivity (Wildman–Crippen MR) is 95.5 cm³/mol. The van der Waals surface area contributed by atoms with E-state index >= 15 is 0 Å². The van der Waals surface area contributed by atoms with Crippen molar-refractivity contribution in [2.45, 2.75) is 11.8 Å². The Kier molecular flexibility index (Phi) is 5.30. The van der Waals surface area contributed by atoms with E-state index in [2.05, 4.69) is 31.9 Å². The maximum absolute atomic E-state index is 12.6. The van der Waals surface area contributed by atoms with Gasteiger partial charge in [0.05, 0.1) is 13.8 Å². The summed E-state index contributed by atoms with van der Waals surface area (Å²) >= 11 is 6.34. The van der Waals surface area contributed by atoms with Crippen LogP contribution in [0.3, 0.4) is 0 Å². The van der Waals surface area contributed by atoms with Crippen LogP contribution in [0.25, 0.3) is 6.08 Å². The van der Waals surface area contributed by atoms with Gasteiger partial charge in [-0.3, -0.25) is 0 Å². The van der Waals surface area contributed by atoms with E-state index in [1.165, 1.54) is 30.3 Å². The van der Waals surface area contributed by atoms with E-state index in [9.17, 15) is 18.8 Å². The summed E-state index contributed by atoms with van der Waals surface area (Å²) < 4.78 is 25.9. The Hall–Kier alpha value is -1.62. The number of allylic oxidation sites excluding steroid dienone is 1. The summed E-state index contributed by atoms with van der Waals surface area (Å²) in [4.78, 5) is -0.307. The zero-order valence-electron chi connectivity index (χ0n) is 11.9. The summed E-state index contributed by atoms with van der Waals surface area (Å²) in [5.41, 5.74) is 1.40. The lowest BCUT2D eigenvalue weighted by atomic mass is 10.2. The van der Waals surface area contributed by atoms with Gasteiger partial charge in [-0.15, -0.1) is 0 Å². The molecule has 0 aliphatic heterocycles. The van der Waals surface area contributed by atoms with E-state index in [0.29, 0.717) is 14.5 Å². The molecule has 0 radical (unpaired) electrons. The highest BCUT2D eigenvalue weighted by molar-refractivity contribution is 9.11. The average Bonchev–Trinajstić information content (AvgIpc) is 2.50. The second kappa shape index (κ2) is 6.87. The molecule has 0 bridgehead atoms. The van der Waals surface area contributed by atoms with Gasteiger partial charge < -0.3 is 5.11 Å². The van der Waals surface area contributed by atoms with Crippen LogP contribution < -0.4 is 0 Å². The van der Waals surface area contributed by atoms with Crippen molar-refractivity contribution in [2.75, 3.05) is 0 Å². The number of aryl methyl sites for hydroxylation is 1. The van der Waals surface area contributed by atoms with Gasteiger partial charge in [0.1, 0.15) is 16.7 Å². The first-order chi connectivity index (χ1) is 10.8. The van der Waals surface area contributed by atoms with Crippen molar-refractivity contribution in [3.63, 3.8) is 0 Å². The fraction of sp³-hybridized carbons (Fsp3) is 0.0625. The van der Waals surface area contributed by atoms with Gasteiger partial charge in [0, 0.05) is 0 Å². The Bertz CT molecular complexity index is 904. The Morgan fingerprint density at radius 3 is 2.17 bits per heavy atom. The van der Waals surface area contributed by atoms with Crippen LogP contribution in [0.1, 0.15) is 11.1 Å². The van der Waals surface area contributed by atoms with Crippen LogP contribution in [-0.2, 0) is 9.84 Å². The van der Waals surface area contributed by atoms with E-state index in [1.54, 1.807) is 18.2 Å². The summed E-state index contributed by atoms with van der Waals surface area (Å²) in [6.07, 6.45) is 1.27. The third-order valence-corrected chi connectivity index (χ3v) is 5.96. The number of aromatic hydroxyl groups is 1. The Labute approximate surface area is 151 Å². The predicted octanol–water partition coefficient (Wildman–Crippen LogP) is 4.56. The lowest BCUT2D eigenvalue weighted by molar-refractivity contribution is 0.468. The minimum atomic E-state index is -3.90. The molecule has 0 atom stereocenters. The summed E-state index contributed by atoms with van der Waals surface area (Å²) in [7, 11) is -3.90. The van der Waals surface area contributed by atoms with Gasteiger partial charge in [-0.05, 0) is 74.7 Å². The summed E-state index contributed by atoms with van der Waals surface area (Å²) in [5.74, 6) is 0.00190. The van der Waals surface area contributed by atoms with Crippen LogP contribution in [0.15, 0.2) is 55.1 Å². The largest absolute Gasteiger partial charge is 0.506 e. The van der Waals surface area contributed by atoms with E-state index < -0.39 is 9.84 Å². The lowest BCUT2D eigenvalue weighted by Gasteiger charge is -2.05. The third kappa shape index (κ3) is 3.83. The van der Waals surface area contributed by atoms with Gasteiger partial charge in [0.25, 0.3) is 0 Å². The topological polar surface area (TPSA) is 78.2 Å². The van der Waals surface area contributed by atoms with Gasteiger partial charge in [-0.1, -0.05) is 17.7 Å². The average molecular weight is 457 g/mol. The molecule has 0 amide bonds. The number of nitriles is 1. The van der Waals surface area contributed by atoms with Crippen LogP contribution in [0.5, 0.6) is 5.75 Å². The van der Waals surface area contributed by atoms with Gasteiger partial charge in [-0.25, -0.2) is 8.42 Å². The number of phenolic OH excluding ortho intramolecular Hbond substituents is 1. The highest BCUT2D eigenvalue weighted by Crippen LogP contribution is 2.34. The van der Waals surface area contributed by atoms with E-state index in [4.69, 9.17) is 0 Å². The number of benzene rings is 2. The summed E-state index contributed by atoms with van der Waals surface area (Å²) in [6.45, 7) is 1.85. The first-order valence-corrected chi connectivity index (χ1v) is 9.44. The smallest absolute Gasteiger partial charge is 0.216 e. The van der Waals surface area contributed by atoms with Crippen molar-refractivity contribution < 1.29 is 13.5 Å². The quantitative estimate of drug-likeness (QED) is 0.686. The zero-order chi connectivity index (χ0) is 17.2. The van der Waals surface area contributed by atoms with Crippen LogP contribution in [0, 0.1) is 18.3 Å². The van der Waals surface area contributed by atoms with Gasteiger partial charge in [-0.2, -0.15) is 5.26 Å². The lowest BCUT2D eigenvalue weighted by Crippen LogP contribution is -2.03. The molecular formula is C16H11Br2NO3S. The van der Waals surface area contributed by atoms with E-state index in [0.717, 1.165) is 5.56 Å². The molecule has 2 aromatic carbocycles. The minimum Gasteiger partial charge on any atom is -0.506 e. The number of phenols is 1. The molecule has 0 aliphatic carbocycles. The monoisotopic (exact) mass is 455 g/mol. The fourth-order valence-corrected chi connectivity index (χ4v) is 4.22. The molecule has 0 aliphatic rings. The molecule has 2 aromatic rings. The van der Waals surface area contributed by atoms with Crippen LogP contribution in [0.2, 0.25) is 0 Å². The molecule has 2 rings (SSSR count). The normalized spacial score (nSPS) is 12.0. The molecule has 0 aromatic heterocycles. The van der Waals surface area contributed by atoms with Crippen LogP contribution in [-0.4, -0.2) is 13.5 Å². The zero-order valence-corrected chi connectivity index (χ0v) is 15.9. The highest BCUT2D eigenvalue weighted by Gasteiger charge is 2.21. The van der Waals surface area contributed by atoms with Crippen molar-refractivity contribution in [1.29, 1.82) is 5.26 Å². The molecule has 0 spiro atoms. The molecule has 0 saturated heterocycles. The number of sulfone groups is 1. The van der Waals surface area contributed by atoms with Crippen molar-refractivity contribution >= 4 is 47.8 Å². The molecule has 118 valence electrons. The molecule has 0 saturated carbocycles. The maximum atomic E-state index is 12.6. The molecule has 0 heterocycles. The third-order valence-electron chi connectivity index (χ3n) is 3.07. The summed E-state index contributed by atoms with van der Waals surface area (Å²) in [5, 5.41) is 19.0. The molecular weight excluding hydrogens is 446 g/mol. The molecule has 7 heteroatoms. The van der Waals surface area contributed by atoms with Gasteiger partial charge in [0.2, 0.25) is 9.84 Å². The van der Waals surface area contributed by atoms with Crippen LogP contribution in [0.4, 0.5) is 0 Å². The number of nitrogens with zero attached hydrogens (tertiary/aromatic N) is 1. The summed E-state index contributed by atoms with van der Waals surface area (Å²) in [6, 6.07) is 11.1. The van der Waals surface area contributed by atoms with Crippen molar-refractivity contribution in [2.24, 2.45) is 0 Å². The number of hydrogen-bond acceptors (Lipinski definition) is 4. The minimum absolute atomic E-state index is 0.00190. The maximum Gasteiger partial charge on any atom is 0.216 e. The Morgan fingerprint density at radius 2 is 1.70 bits per heavy atom. The van der Waals surface area contributed by atoms with E-state index in [1.807, 2.05) is 6.92 Å². The first-order valence-electron chi connectivity index (χ1n) is 6.37. The number of rotatable bonds is 3. The SMILES string of the molecule is Cc1ccc(S(=O)(=O)/C(C#N)=C\c2cc(Br)c(O)c(Br)c2)cc1. The Morgan fingerprint density at radius 1 is 1.17 bits per heavy atom. The molecule has 23 heavy (non-hydrogen) atoms. The van der Waals surface area contributed by atoms with Gasteiger partial charge in [0.15, 0.2) is 0 Å². The van der Waals surface area contributed by atoms with Gasteiger partial charge >= 0.3 is 0 Å². The van der Waals surface area contributed by atoms with Crippen molar-refractivity contribution in [3.8, 4) is 11.8 Å². The Balaban J connectivity index is 2.55. The molecule has 4 nitrogen and oxygen atoms in total. The highest BCUT2D eigenvalue weighted by atomic mass is 79.9. The standard InChI is InChI=1S/C16H11Br2NO3S/c1-10-2-4-12(5-3-10)23(21,22)13(9-19)6-11-7-14(17)16(20)15(18)8-11/h2-8,20H,1H3/b13-6-. The molecule has 1 N–H and O–H groups in total. The first kappa shape index (κ1) is 17.7.